The molecule has 0 heterocycles. The van der Waals surface area contributed by atoms with E-state index in [1.54, 1.807) is 4.90 Å². The highest BCUT2D eigenvalue weighted by molar-refractivity contribution is 5.83. The van der Waals surface area contributed by atoms with Crippen molar-refractivity contribution in [1.82, 2.24) is 20.5 Å². The fourth-order valence-electron chi connectivity index (χ4n) is 3.62. The van der Waals surface area contributed by atoms with Crippen LogP contribution in [0.5, 0.6) is 0 Å². The Hall–Kier alpha value is -2.81. The number of amides is 4. The van der Waals surface area contributed by atoms with Crippen LogP contribution >= 0.6 is 0 Å². The molecular formula is C25H48N6O8. The van der Waals surface area contributed by atoms with Crippen molar-refractivity contribution in [1.29, 1.82) is 0 Å². The summed E-state index contributed by atoms with van der Waals surface area (Å²) in [6, 6.07) is 0. The van der Waals surface area contributed by atoms with Crippen LogP contribution < -0.4 is 16.9 Å². The number of nitrogens with two attached hydrogens (primary N) is 2. The van der Waals surface area contributed by atoms with Gasteiger partial charge in [-0.15, -0.1) is 0 Å². The van der Waals surface area contributed by atoms with E-state index in [4.69, 9.17) is 11.5 Å². The highest BCUT2D eigenvalue weighted by Gasteiger charge is 2.18. The second-order valence-electron chi connectivity index (χ2n) is 9.34. The normalized spacial score (nSPS) is 10.7. The summed E-state index contributed by atoms with van der Waals surface area (Å²) >= 11 is 0. The third-order valence-electron chi connectivity index (χ3n) is 5.86. The van der Waals surface area contributed by atoms with Gasteiger partial charge in [-0.25, -0.2) is 10.1 Å². The molecule has 0 aliphatic rings. The molecule has 0 aromatic heterocycles. The summed E-state index contributed by atoms with van der Waals surface area (Å²) in [5.74, 6) is -2.30. The Bertz CT molecular complexity index is 739. The van der Waals surface area contributed by atoms with Gasteiger partial charge in [0.05, 0.1) is 0 Å². The van der Waals surface area contributed by atoms with Gasteiger partial charge in [0.15, 0.2) is 0 Å². The van der Waals surface area contributed by atoms with Crippen LogP contribution in [0.3, 0.4) is 0 Å². The van der Waals surface area contributed by atoms with E-state index >= 15 is 0 Å². The molecule has 0 spiro atoms. The number of carbonyl (C=O) groups excluding carboxylic acids is 5. The fraction of sp³-hybridized carbons (Fsp3) is 0.800. The lowest BCUT2D eigenvalue weighted by Crippen LogP contribution is -2.35. The van der Waals surface area contributed by atoms with Crippen molar-refractivity contribution in [2.45, 2.75) is 90.4 Å². The van der Waals surface area contributed by atoms with Gasteiger partial charge in [-0.3, -0.25) is 34.4 Å². The van der Waals surface area contributed by atoms with Gasteiger partial charge in [0.2, 0.25) is 23.6 Å². The fourth-order valence-corrected chi connectivity index (χ4v) is 3.62. The van der Waals surface area contributed by atoms with Crippen molar-refractivity contribution < 1.29 is 39.2 Å². The largest absolute Gasteiger partial charge is 0.371 e. The van der Waals surface area contributed by atoms with Crippen LogP contribution in [0.4, 0.5) is 0 Å². The first-order chi connectivity index (χ1) is 18.6. The van der Waals surface area contributed by atoms with Crippen LogP contribution in [0.2, 0.25) is 0 Å². The van der Waals surface area contributed by atoms with E-state index in [2.05, 4.69) is 10.3 Å². The lowest BCUT2D eigenvalue weighted by Gasteiger charge is -2.23. The predicted octanol–water partition coefficient (Wildman–Crippen LogP) is 0.834. The van der Waals surface area contributed by atoms with E-state index in [1.807, 2.05) is 0 Å². The van der Waals surface area contributed by atoms with E-state index < -0.39 is 23.7 Å². The van der Waals surface area contributed by atoms with Gasteiger partial charge in [0.1, 0.15) is 0 Å². The Morgan fingerprint density at radius 2 is 1.13 bits per heavy atom. The maximum Gasteiger partial charge on any atom is 0.321 e. The molecular weight excluding hydrogens is 512 g/mol. The highest BCUT2D eigenvalue weighted by Crippen LogP contribution is 2.09. The average molecular weight is 561 g/mol. The van der Waals surface area contributed by atoms with Crippen molar-refractivity contribution in [2.24, 2.45) is 11.5 Å². The Kier molecular flexibility index (Phi) is 21.4. The van der Waals surface area contributed by atoms with E-state index in [9.17, 15) is 34.4 Å². The van der Waals surface area contributed by atoms with Crippen LogP contribution in [0.25, 0.3) is 0 Å². The minimum absolute atomic E-state index is 0.0223. The molecule has 39 heavy (non-hydrogen) atoms. The molecule has 0 unspecified atom stereocenters. The minimum atomic E-state index is -0.613. The summed E-state index contributed by atoms with van der Waals surface area (Å²) in [4.78, 5) is 64.7. The molecule has 0 saturated carbocycles. The van der Waals surface area contributed by atoms with Gasteiger partial charge in [-0.2, -0.15) is 5.48 Å². The summed E-state index contributed by atoms with van der Waals surface area (Å²) < 4.78 is 0. The maximum atomic E-state index is 12.9. The number of carbonyl (C=O) groups is 5. The standard InChI is InChI=1S/C25H48N6O8/c1-21(32)39-28-16-6-3-7-17-29(18-8-4-10-20-30(37)24(35)12-11-22(27)33)23(34)13-14-25(36)31(38)19-9-2-5-15-26/h28,37-38H,2-20,26H2,1H3,(H2,27,33). The maximum absolute atomic E-state index is 12.9. The van der Waals surface area contributed by atoms with Gasteiger partial charge in [0.25, 0.3) is 0 Å². The third kappa shape index (κ3) is 20.8. The van der Waals surface area contributed by atoms with Gasteiger partial charge >= 0.3 is 5.97 Å². The summed E-state index contributed by atoms with van der Waals surface area (Å²) in [5, 5.41) is 20.9. The van der Waals surface area contributed by atoms with Crippen molar-refractivity contribution in [2.75, 3.05) is 39.3 Å². The van der Waals surface area contributed by atoms with Crippen LogP contribution in [0.15, 0.2) is 0 Å². The molecule has 0 radical (unpaired) electrons. The van der Waals surface area contributed by atoms with Crippen LogP contribution in [-0.4, -0.2) is 94.3 Å². The zero-order chi connectivity index (χ0) is 29.5. The summed E-state index contributed by atoms with van der Waals surface area (Å²) in [6.07, 6.45) is 5.88. The zero-order valence-corrected chi connectivity index (χ0v) is 23.3. The van der Waals surface area contributed by atoms with E-state index in [-0.39, 0.29) is 44.7 Å². The smallest absolute Gasteiger partial charge is 0.321 e. The summed E-state index contributed by atoms with van der Waals surface area (Å²) in [7, 11) is 0. The molecule has 14 heteroatoms. The second-order valence-corrected chi connectivity index (χ2v) is 9.34. The van der Waals surface area contributed by atoms with Crippen molar-refractivity contribution in [3.05, 3.63) is 0 Å². The van der Waals surface area contributed by atoms with Gasteiger partial charge in [-0.05, 0) is 51.5 Å². The SMILES string of the molecule is CC(=O)ONCCCCCN(CCCCCN(O)C(=O)CCC(N)=O)C(=O)CCC(=O)N(O)CCCCCN. The number of hydrogen-bond acceptors (Lipinski definition) is 10. The molecule has 0 atom stereocenters. The van der Waals surface area contributed by atoms with E-state index in [1.165, 1.54) is 6.92 Å². The Morgan fingerprint density at radius 1 is 0.667 bits per heavy atom. The topological polar surface area (TPSA) is 209 Å². The number of nitrogens with zero attached hydrogens (tertiary/aromatic N) is 3. The molecule has 0 bridgehead atoms. The number of primary amides is 1. The van der Waals surface area contributed by atoms with Crippen LogP contribution in [-0.2, 0) is 28.8 Å². The second kappa shape index (κ2) is 23.1. The monoisotopic (exact) mass is 560 g/mol. The van der Waals surface area contributed by atoms with Crippen LogP contribution in [0.1, 0.15) is 90.4 Å². The molecule has 0 aromatic rings. The Morgan fingerprint density at radius 3 is 1.64 bits per heavy atom. The van der Waals surface area contributed by atoms with Gasteiger partial charge in [0, 0.05) is 65.3 Å². The quantitative estimate of drug-likeness (QED) is 0.0638. The molecule has 226 valence electrons. The molecule has 0 aliphatic heterocycles. The average Bonchev–Trinajstić information content (AvgIpc) is 2.89. The number of hydrogen-bond donors (Lipinski definition) is 5. The van der Waals surface area contributed by atoms with Gasteiger partial charge in [-0.1, -0.05) is 12.8 Å². The lowest BCUT2D eigenvalue weighted by molar-refractivity contribution is -0.166. The van der Waals surface area contributed by atoms with E-state index in [0.29, 0.717) is 68.4 Å². The third-order valence-corrected chi connectivity index (χ3v) is 5.86. The first-order valence-electron chi connectivity index (χ1n) is 13.7. The molecule has 4 amide bonds. The van der Waals surface area contributed by atoms with Crippen molar-refractivity contribution in [3.63, 3.8) is 0 Å². The molecule has 0 saturated heterocycles. The predicted molar refractivity (Wildman–Crippen MR) is 142 cm³/mol. The number of hydroxylamine groups is 5. The minimum Gasteiger partial charge on any atom is -0.371 e. The summed E-state index contributed by atoms with van der Waals surface area (Å²) in [5.41, 5.74) is 13.0. The molecule has 0 rings (SSSR count). The summed E-state index contributed by atoms with van der Waals surface area (Å²) in [6.45, 7) is 3.59. The first kappa shape index (κ1) is 36.2. The molecule has 0 aliphatic carbocycles. The Labute approximate surface area is 230 Å². The van der Waals surface area contributed by atoms with Crippen LogP contribution in [0, 0.1) is 0 Å². The molecule has 14 nitrogen and oxygen atoms in total. The van der Waals surface area contributed by atoms with Crippen molar-refractivity contribution in [3.8, 4) is 0 Å². The van der Waals surface area contributed by atoms with E-state index in [0.717, 1.165) is 25.7 Å². The Balaban J connectivity index is 4.57. The first-order valence-corrected chi connectivity index (χ1v) is 13.7. The number of unbranched alkanes of at least 4 members (excludes halogenated alkanes) is 6. The number of rotatable bonds is 24. The zero-order valence-electron chi connectivity index (χ0n) is 23.3. The van der Waals surface area contributed by atoms with Gasteiger partial charge < -0.3 is 21.2 Å². The highest BCUT2D eigenvalue weighted by atomic mass is 16.7. The molecule has 0 fully saturated rings. The van der Waals surface area contributed by atoms with Crippen molar-refractivity contribution >= 4 is 29.6 Å². The lowest BCUT2D eigenvalue weighted by atomic mass is 10.1. The molecule has 7 N–H and O–H groups in total. The number of nitrogens with one attached hydrogen (secondary N) is 1. The molecule has 0 aromatic carbocycles.